The van der Waals surface area contributed by atoms with Crippen molar-refractivity contribution in [2.24, 2.45) is 5.92 Å². The summed E-state index contributed by atoms with van der Waals surface area (Å²) in [4.78, 5) is 23.1. The van der Waals surface area contributed by atoms with E-state index in [1.54, 1.807) is 6.92 Å². The molecule has 0 aliphatic carbocycles. The molecule has 1 saturated heterocycles. The monoisotopic (exact) mass is 325 g/mol. The van der Waals surface area contributed by atoms with Gasteiger partial charge in [-0.05, 0) is 41.7 Å². The maximum atomic E-state index is 11.9. The lowest BCUT2D eigenvalue weighted by Crippen LogP contribution is -2.54. The van der Waals surface area contributed by atoms with Crippen molar-refractivity contribution in [3.8, 4) is 0 Å². The largest absolute Gasteiger partial charge is 0.481 e. The van der Waals surface area contributed by atoms with Gasteiger partial charge in [0.05, 0.1) is 24.4 Å². The van der Waals surface area contributed by atoms with Gasteiger partial charge < -0.3 is 20.1 Å². The Hall–Kier alpha value is -1.38. The molecule has 0 bridgehead atoms. The molecule has 0 saturated carbocycles. The predicted molar refractivity (Wildman–Crippen MR) is 83.5 cm³/mol. The number of rotatable bonds is 6. The number of carbonyl (C=O) groups is 2. The van der Waals surface area contributed by atoms with Crippen LogP contribution < -0.4 is 5.32 Å². The highest BCUT2D eigenvalue weighted by molar-refractivity contribution is 7.08. The molecule has 6 nitrogen and oxygen atoms in total. The quantitative estimate of drug-likeness (QED) is 0.680. The number of aliphatic carboxylic acids is 1. The number of amides is 1. The maximum Gasteiger partial charge on any atom is 0.478 e. The minimum absolute atomic E-state index is 0.172. The molecule has 3 N–H and O–H groups in total. The summed E-state index contributed by atoms with van der Waals surface area (Å²) in [6, 6.07) is 1.88. The van der Waals surface area contributed by atoms with Crippen LogP contribution in [0, 0.1) is 5.92 Å². The average molecular weight is 325 g/mol. The van der Waals surface area contributed by atoms with Gasteiger partial charge in [0.2, 0.25) is 5.91 Å². The molecule has 2 rings (SSSR count). The Morgan fingerprint density at radius 1 is 1.55 bits per heavy atom. The second-order valence-corrected chi connectivity index (χ2v) is 6.26. The molecule has 22 heavy (non-hydrogen) atoms. The van der Waals surface area contributed by atoms with Gasteiger partial charge in [0.1, 0.15) is 0 Å². The number of nitrogens with one attached hydrogen (secondary N) is 1. The third kappa shape index (κ3) is 4.31. The van der Waals surface area contributed by atoms with Crippen LogP contribution in [0.4, 0.5) is 0 Å². The zero-order valence-electron chi connectivity index (χ0n) is 12.4. The predicted octanol–water partition coefficient (Wildman–Crippen LogP) is 1.08. The van der Waals surface area contributed by atoms with E-state index in [1.807, 2.05) is 16.8 Å². The molecule has 1 fully saturated rings. The minimum Gasteiger partial charge on any atom is -0.481 e. The lowest BCUT2D eigenvalue weighted by molar-refractivity contribution is -0.146. The van der Waals surface area contributed by atoms with Crippen molar-refractivity contribution in [2.75, 3.05) is 0 Å². The first-order chi connectivity index (χ1) is 10.5. The normalized spacial score (nSPS) is 23.1. The van der Waals surface area contributed by atoms with Crippen LogP contribution in [0.2, 0.25) is 0 Å². The molecular weight excluding hydrogens is 305 g/mol. The summed E-state index contributed by atoms with van der Waals surface area (Å²) >= 11 is 1.53. The number of carbonyl (C=O) groups excluding carboxylic acids is 1. The summed E-state index contributed by atoms with van der Waals surface area (Å²) in [5.41, 5.74) is 0.934. The van der Waals surface area contributed by atoms with E-state index >= 15 is 0 Å². The van der Waals surface area contributed by atoms with E-state index in [0.717, 1.165) is 5.56 Å². The molecule has 1 unspecified atom stereocenters. The van der Waals surface area contributed by atoms with Gasteiger partial charge in [-0.1, -0.05) is 6.92 Å². The Bertz CT molecular complexity index is 509. The molecule has 1 aliphatic heterocycles. The molecule has 1 amide bonds. The van der Waals surface area contributed by atoms with Crippen molar-refractivity contribution >= 4 is 30.3 Å². The van der Waals surface area contributed by atoms with Gasteiger partial charge >= 0.3 is 13.1 Å². The Labute approximate surface area is 133 Å². The zero-order chi connectivity index (χ0) is 16.1. The molecular formula is C14H20BNO5S. The fourth-order valence-corrected chi connectivity index (χ4v) is 3.37. The molecule has 120 valence electrons. The van der Waals surface area contributed by atoms with E-state index in [9.17, 15) is 14.6 Å². The fraction of sp³-hybridized carbons (Fsp3) is 0.571. The molecule has 3 atom stereocenters. The first kappa shape index (κ1) is 17.0. The first-order valence-electron chi connectivity index (χ1n) is 7.38. The topological polar surface area (TPSA) is 95.9 Å². The molecule has 0 aromatic carbocycles. The van der Waals surface area contributed by atoms with E-state index in [4.69, 9.17) is 9.76 Å². The molecule has 0 radical (unpaired) electrons. The van der Waals surface area contributed by atoms with Gasteiger partial charge in [0.25, 0.3) is 0 Å². The Balaban J connectivity index is 1.85. The zero-order valence-corrected chi connectivity index (χ0v) is 13.2. The van der Waals surface area contributed by atoms with Crippen LogP contribution in [0.15, 0.2) is 16.8 Å². The highest BCUT2D eigenvalue weighted by atomic mass is 32.1. The summed E-state index contributed by atoms with van der Waals surface area (Å²) in [5.74, 6) is -2.21. The van der Waals surface area contributed by atoms with Crippen LogP contribution in [0.1, 0.15) is 31.7 Å². The standard InChI is InChI=1S/C14H20BNO5S/c1-2-10(14(18)19)11-3-4-12(15(20)21-11)16-13(17)7-9-5-6-22-8-9/h5-6,8,10-12,20H,2-4,7H2,1H3,(H,16,17)(H,18,19)/t10?,11-,12-/m0/s1. The fourth-order valence-electron chi connectivity index (χ4n) is 2.70. The highest BCUT2D eigenvalue weighted by Gasteiger charge is 2.40. The van der Waals surface area contributed by atoms with E-state index in [0.29, 0.717) is 19.3 Å². The van der Waals surface area contributed by atoms with Gasteiger partial charge in [0, 0.05) is 0 Å². The van der Waals surface area contributed by atoms with Gasteiger partial charge in [-0.3, -0.25) is 9.59 Å². The summed E-state index contributed by atoms with van der Waals surface area (Å²) < 4.78 is 5.41. The summed E-state index contributed by atoms with van der Waals surface area (Å²) in [6.07, 6.45) is 1.21. The average Bonchev–Trinajstić information content (AvgIpc) is 2.95. The number of hydrogen-bond donors (Lipinski definition) is 3. The third-order valence-corrected chi connectivity index (χ3v) is 4.65. The van der Waals surface area contributed by atoms with Crippen LogP contribution in [0.25, 0.3) is 0 Å². The molecule has 0 spiro atoms. The third-order valence-electron chi connectivity index (χ3n) is 3.92. The first-order valence-corrected chi connectivity index (χ1v) is 8.32. The van der Waals surface area contributed by atoms with Gasteiger partial charge in [-0.2, -0.15) is 11.3 Å². The van der Waals surface area contributed by atoms with Crippen molar-refractivity contribution in [1.82, 2.24) is 5.32 Å². The van der Waals surface area contributed by atoms with E-state index in [-0.39, 0.29) is 12.3 Å². The van der Waals surface area contributed by atoms with Gasteiger partial charge in [0.15, 0.2) is 0 Å². The molecule has 8 heteroatoms. The van der Waals surface area contributed by atoms with Crippen LogP contribution in [-0.4, -0.2) is 41.2 Å². The van der Waals surface area contributed by atoms with E-state index < -0.39 is 31.1 Å². The summed E-state index contributed by atoms with van der Waals surface area (Å²) in [7, 11) is -1.17. The Morgan fingerprint density at radius 2 is 2.32 bits per heavy atom. The second-order valence-electron chi connectivity index (χ2n) is 5.48. The molecule has 1 aliphatic rings. The number of hydrogen-bond acceptors (Lipinski definition) is 5. The van der Waals surface area contributed by atoms with Crippen molar-refractivity contribution < 1.29 is 24.4 Å². The van der Waals surface area contributed by atoms with Crippen molar-refractivity contribution in [2.45, 2.75) is 44.7 Å². The van der Waals surface area contributed by atoms with Crippen molar-refractivity contribution in [3.05, 3.63) is 22.4 Å². The maximum absolute atomic E-state index is 11.9. The van der Waals surface area contributed by atoms with Crippen LogP contribution >= 0.6 is 11.3 Å². The van der Waals surface area contributed by atoms with E-state index in [1.165, 1.54) is 11.3 Å². The van der Waals surface area contributed by atoms with Gasteiger partial charge in [-0.15, -0.1) is 0 Å². The second kappa shape index (κ2) is 7.76. The van der Waals surface area contributed by atoms with Crippen LogP contribution in [0.5, 0.6) is 0 Å². The number of carboxylic acids is 1. The Morgan fingerprint density at radius 3 is 2.86 bits per heavy atom. The smallest absolute Gasteiger partial charge is 0.478 e. The SMILES string of the molecule is CCC(C(=O)O)[C@@H]1CC[C@H](NC(=O)Cc2ccsc2)B(O)O1. The lowest BCUT2D eigenvalue weighted by atomic mass is 9.71. The minimum atomic E-state index is -1.17. The summed E-state index contributed by atoms with van der Waals surface area (Å²) in [6.45, 7) is 1.78. The lowest BCUT2D eigenvalue weighted by Gasteiger charge is -2.34. The molecule has 1 aromatic heterocycles. The highest BCUT2D eigenvalue weighted by Crippen LogP contribution is 2.24. The van der Waals surface area contributed by atoms with Crippen molar-refractivity contribution in [1.29, 1.82) is 0 Å². The van der Waals surface area contributed by atoms with Crippen molar-refractivity contribution in [3.63, 3.8) is 0 Å². The molecule has 2 heterocycles. The molecule has 1 aromatic rings. The van der Waals surface area contributed by atoms with E-state index in [2.05, 4.69) is 5.32 Å². The summed E-state index contributed by atoms with van der Waals surface area (Å²) in [5, 5.41) is 25.7. The van der Waals surface area contributed by atoms with Crippen LogP contribution in [0.3, 0.4) is 0 Å². The Kier molecular flexibility index (Phi) is 5.99. The number of carboxylic acid groups (broad SMARTS) is 1. The van der Waals surface area contributed by atoms with Gasteiger partial charge in [-0.25, -0.2) is 0 Å². The van der Waals surface area contributed by atoms with Crippen LogP contribution in [-0.2, 0) is 20.7 Å². The number of thiophene rings is 1.